The first kappa shape index (κ1) is 91.2. The number of nitrogens with zero attached hydrogens (tertiary/aromatic N) is 13. The number of benzene rings is 2. The van der Waals surface area contributed by atoms with Crippen LogP contribution in [-0.4, -0.2) is 184 Å². The fourth-order valence-electron chi connectivity index (χ4n) is 12.5. The molecule has 43 heteroatoms. The minimum Gasteiger partial charge on any atom is -0.491 e. The summed E-state index contributed by atoms with van der Waals surface area (Å²) in [6.07, 6.45) is 13.9. The number of hydrogen-bond acceptors (Lipinski definition) is 26. The average molecular weight is 1730 g/mol. The number of pyridine rings is 4. The van der Waals surface area contributed by atoms with Crippen LogP contribution in [0.3, 0.4) is 0 Å². The van der Waals surface area contributed by atoms with E-state index in [9.17, 15) is 75.9 Å². The number of alkyl halides is 6. The molecule has 9 aromatic rings. The molecular weight excluding hydrogens is 1640 g/mol. The number of nitrogens with one attached hydrogen (secondary N) is 1. The Balaban J connectivity index is 0.000000173. The van der Waals surface area contributed by atoms with Crippen molar-refractivity contribution in [1.29, 1.82) is 0 Å². The number of halogens is 9. The number of hydrazone groups is 2. The van der Waals surface area contributed by atoms with Crippen LogP contribution in [0.25, 0.3) is 16.9 Å². The van der Waals surface area contributed by atoms with E-state index in [0.29, 0.717) is 129 Å². The summed E-state index contributed by atoms with van der Waals surface area (Å²) in [5, 5.41) is 12.1. The zero-order valence-corrected chi connectivity index (χ0v) is 68.0. The summed E-state index contributed by atoms with van der Waals surface area (Å²) >= 11 is 0. The van der Waals surface area contributed by atoms with E-state index in [1.54, 1.807) is 59.4 Å². The maximum atomic E-state index is 14.8. The molecule has 0 fully saturated rings. The Morgan fingerprint density at radius 2 is 0.908 bits per heavy atom. The second-order valence-corrected chi connectivity index (χ2v) is 29.9. The number of Topliss-reactive ketones (excluding diaryl/α,β-unsaturated/α-hetero) is 1. The molecule has 0 bridgehead atoms. The molecule has 15 rings (SSSR count). The molecule has 0 radical (unpaired) electrons. The Morgan fingerprint density at radius 3 is 1.28 bits per heavy atom. The predicted molar refractivity (Wildman–Crippen MR) is 422 cm³/mol. The maximum absolute atomic E-state index is 14.8. The van der Waals surface area contributed by atoms with Crippen LogP contribution in [0.15, 0.2) is 95.7 Å². The summed E-state index contributed by atoms with van der Waals surface area (Å²) in [5.41, 5.74) is 11.1. The normalized spacial score (nSPS) is 14.2. The molecule has 6 aliphatic heterocycles. The SMILES string of the molecule is CCOC(=O)CC(=O)CC.CCOC(=O)c1c(CC)nc2cc3c(cn12)OCC3.CCOC(=O)c1c(CC)nc2cc3c(cn12)OCC3.CCc1nc2cc3c(cn2c1C(=O)NCc1ccc(N2CCN(S(=O)(=O)C(F)(F)F)C=N2)c(F)c1)OCC3.Cl.NCc1ccc(N2CCN(S(=O)(=O)C(F)(F)F)C=N2)c(F)c1.Nc1cc2c(cn1)OCC2. The Hall–Kier alpha value is -11.7. The van der Waals surface area contributed by atoms with Crippen molar-refractivity contribution in [2.24, 2.45) is 15.9 Å². The van der Waals surface area contributed by atoms with Gasteiger partial charge in [0.25, 0.3) is 5.91 Å². The van der Waals surface area contributed by atoms with Crippen molar-refractivity contribution in [1.82, 2.24) is 47.1 Å². The smallest absolute Gasteiger partial charge is 0.491 e. The minimum absolute atomic E-state index is 0. The largest absolute Gasteiger partial charge is 0.516 e. The topological polar surface area (TPSA) is 385 Å². The number of rotatable bonds is 19. The van der Waals surface area contributed by atoms with Crippen LogP contribution in [0, 0.1) is 11.6 Å². The number of imidazole rings is 3. The molecular formula is C76H87ClF8N16O16S2. The predicted octanol–water partition coefficient (Wildman–Crippen LogP) is 9.97. The van der Waals surface area contributed by atoms with Gasteiger partial charge in [-0.25, -0.2) is 46.9 Å². The summed E-state index contributed by atoms with van der Waals surface area (Å²) in [6.45, 7) is 15.2. The third-order valence-corrected chi connectivity index (χ3v) is 21.4. The number of nitrogen functional groups attached to an aromatic ring is 1. The quantitative estimate of drug-likeness (QED) is 0.0293. The average Bonchev–Trinajstić information content (AvgIpc) is 1.64. The van der Waals surface area contributed by atoms with Gasteiger partial charge in [0.2, 0.25) is 0 Å². The number of esters is 3. The summed E-state index contributed by atoms with van der Waals surface area (Å²) in [5.74, 6) is 0.884. The number of nitrogens with two attached hydrogens (primary N) is 2. The number of aryl methyl sites for hydroxylation is 3. The number of fused-ring (bicyclic) bond motifs is 7. The lowest BCUT2D eigenvalue weighted by molar-refractivity contribution is -0.145. The van der Waals surface area contributed by atoms with Crippen LogP contribution in [-0.2, 0) is 102 Å². The Bertz CT molecular complexity index is 5400. The van der Waals surface area contributed by atoms with Crippen molar-refractivity contribution in [2.75, 3.05) is 88.2 Å². The van der Waals surface area contributed by atoms with E-state index in [0.717, 1.165) is 98.9 Å². The van der Waals surface area contributed by atoms with Gasteiger partial charge in [0.15, 0.2) is 11.4 Å². The molecule has 13 heterocycles. The molecule has 32 nitrogen and oxygen atoms in total. The molecule has 642 valence electrons. The number of aromatic nitrogens is 7. The lowest BCUT2D eigenvalue weighted by atomic mass is 10.1. The molecule has 0 spiro atoms. The molecule has 0 aliphatic carbocycles. The molecule has 5 N–H and O–H groups in total. The van der Waals surface area contributed by atoms with Gasteiger partial charge in [-0.05, 0) is 99.7 Å². The first-order chi connectivity index (χ1) is 56.2. The Kier molecular flexibility index (Phi) is 30.5. The molecule has 119 heavy (non-hydrogen) atoms. The molecule has 1 amide bonds. The third kappa shape index (κ3) is 21.3. The number of anilines is 3. The fraction of sp³-hybridized carbons (Fsp3) is 0.408. The molecule has 0 unspecified atom stereocenters. The van der Waals surface area contributed by atoms with Crippen molar-refractivity contribution < 1.29 is 109 Å². The van der Waals surface area contributed by atoms with Crippen LogP contribution in [0.2, 0.25) is 0 Å². The molecule has 0 saturated carbocycles. The molecule has 6 aliphatic rings. The molecule has 7 aromatic heterocycles. The molecule has 2 aromatic carbocycles. The second kappa shape index (κ2) is 39.7. The van der Waals surface area contributed by atoms with Crippen LogP contribution in [0.4, 0.5) is 52.3 Å². The number of hydrogen-bond donors (Lipinski definition) is 3. The Labute approximate surface area is 683 Å². The minimum atomic E-state index is -5.57. The highest BCUT2D eigenvalue weighted by atomic mass is 35.5. The number of amides is 1. The van der Waals surface area contributed by atoms with Gasteiger partial charge in [0, 0.05) is 67.4 Å². The zero-order chi connectivity index (χ0) is 85.6. The van der Waals surface area contributed by atoms with E-state index >= 15 is 0 Å². The summed E-state index contributed by atoms with van der Waals surface area (Å²) < 4.78 is 192. The van der Waals surface area contributed by atoms with Gasteiger partial charge in [-0.1, -0.05) is 39.8 Å². The van der Waals surface area contributed by atoms with Crippen LogP contribution < -0.4 is 45.7 Å². The van der Waals surface area contributed by atoms with Crippen molar-refractivity contribution >= 4 is 109 Å². The first-order valence-corrected chi connectivity index (χ1v) is 40.3. The van der Waals surface area contributed by atoms with Crippen LogP contribution in [0.1, 0.15) is 143 Å². The van der Waals surface area contributed by atoms with Crippen molar-refractivity contribution in [3.05, 3.63) is 165 Å². The van der Waals surface area contributed by atoms with E-state index in [4.69, 9.17) is 39.9 Å². The first-order valence-electron chi connectivity index (χ1n) is 37.4. The summed E-state index contributed by atoms with van der Waals surface area (Å²) in [4.78, 5) is 75.9. The number of carbonyl (C=O) groups is 5. The van der Waals surface area contributed by atoms with E-state index in [-0.39, 0.29) is 82.7 Å². The maximum Gasteiger partial charge on any atom is 0.516 e. The van der Waals surface area contributed by atoms with Gasteiger partial charge in [-0.2, -0.15) is 53.4 Å². The van der Waals surface area contributed by atoms with Gasteiger partial charge in [-0.15, -0.1) is 12.4 Å². The van der Waals surface area contributed by atoms with Crippen LogP contribution in [0.5, 0.6) is 23.0 Å². The number of sulfonamides is 2. The zero-order valence-electron chi connectivity index (χ0n) is 65.5. The van der Waals surface area contributed by atoms with Gasteiger partial charge >= 0.3 is 49.0 Å². The Morgan fingerprint density at radius 1 is 0.521 bits per heavy atom. The van der Waals surface area contributed by atoms with Crippen molar-refractivity contribution in [2.45, 2.75) is 130 Å². The van der Waals surface area contributed by atoms with Gasteiger partial charge in [-0.3, -0.25) is 37.6 Å². The number of carbonyl (C=O) groups excluding carboxylic acids is 5. The van der Waals surface area contributed by atoms with Gasteiger partial charge in [0.1, 0.15) is 88.0 Å². The summed E-state index contributed by atoms with van der Waals surface area (Å²) in [6, 6.07) is 15.9. The third-order valence-electron chi connectivity index (χ3n) is 18.5. The monoisotopic (exact) mass is 1730 g/mol. The van der Waals surface area contributed by atoms with E-state index < -0.39 is 67.7 Å². The highest BCUT2D eigenvalue weighted by Gasteiger charge is 2.51. The molecule has 0 saturated heterocycles. The standard InChI is InChI=1S/C23H22F4N6O4S.2C14H16N2O3.C11H12F4N4O2S.C7H8N2O.C7H12O3.ClH/c1-2-17-21(32-12-19-15(5-8-37-19)10-20(32)30-17)22(34)28-11-14-3-4-18(16(24)9-14)33-7-6-31(13-29-33)38(35,36)23(25,26)27;2*1-3-10-13(14(17)18-4-2)16-8-11-9(5-6-19-11)7-12(16)15-10;12-9-5-8(6-16)1-2-10(9)19-4-3-18(7-17-19)22(20,21)11(13,14)15;8-7-3-5-1-2-10-6(5)4-9-7;1-3-6(8)5-7(9)10-4-2;/h3-4,9-10,12-13H,2,5-8,11H2,1H3,(H,28,34);2*7-8H,3-6H2,1-2H3;1-2,5,7H,3-4,6,16H2;3-4H,1-2H2,(H2,8,9);3-5H2,1-2H3;1H. The highest BCUT2D eigenvalue weighted by molar-refractivity contribution is 7.90. The highest BCUT2D eigenvalue weighted by Crippen LogP contribution is 2.35. The van der Waals surface area contributed by atoms with E-state index in [1.165, 1.54) is 35.9 Å². The fourth-order valence-corrected chi connectivity index (χ4v) is 14.1. The lowest BCUT2D eigenvalue weighted by Gasteiger charge is -2.29. The second-order valence-electron chi connectivity index (χ2n) is 26.2. The summed E-state index contributed by atoms with van der Waals surface area (Å²) in [7, 11) is -11.0. The molecule has 0 atom stereocenters. The number of ketones is 1. The van der Waals surface area contributed by atoms with Crippen molar-refractivity contribution in [3.63, 3.8) is 0 Å². The van der Waals surface area contributed by atoms with Gasteiger partial charge in [0.05, 0.1) is 126 Å². The van der Waals surface area contributed by atoms with E-state index in [2.05, 4.69) is 40.2 Å². The van der Waals surface area contributed by atoms with Crippen molar-refractivity contribution in [3.8, 4) is 23.0 Å². The van der Waals surface area contributed by atoms with Crippen LogP contribution >= 0.6 is 12.4 Å². The van der Waals surface area contributed by atoms with E-state index in [1.807, 2.05) is 57.4 Å². The lowest BCUT2D eigenvalue weighted by Crippen LogP contribution is -2.46. The van der Waals surface area contributed by atoms with Gasteiger partial charge < -0.3 is 49.9 Å². The number of ether oxygens (including phenoxy) is 7.